The van der Waals surface area contributed by atoms with Crippen molar-refractivity contribution >= 4 is 10.0 Å². The molecule has 112 valence electrons. The first-order chi connectivity index (χ1) is 9.48. The van der Waals surface area contributed by atoms with Gasteiger partial charge in [0.15, 0.2) is 0 Å². The number of rotatable bonds is 5. The number of sulfonamides is 1. The third-order valence-electron chi connectivity index (χ3n) is 3.58. The first-order valence-electron chi connectivity index (χ1n) is 6.93. The van der Waals surface area contributed by atoms with Gasteiger partial charge in [-0.3, -0.25) is 0 Å². The Bertz CT molecular complexity index is 542. The summed E-state index contributed by atoms with van der Waals surface area (Å²) in [5.41, 5.74) is 0.373. The van der Waals surface area contributed by atoms with Gasteiger partial charge in [-0.2, -0.15) is 0 Å². The molecule has 20 heavy (non-hydrogen) atoms. The van der Waals surface area contributed by atoms with Gasteiger partial charge in [0.05, 0.1) is 5.75 Å². The highest BCUT2D eigenvalue weighted by molar-refractivity contribution is 7.89. The highest BCUT2D eigenvalue weighted by Gasteiger charge is 2.23. The molecule has 0 bridgehead atoms. The number of halogens is 1. The summed E-state index contributed by atoms with van der Waals surface area (Å²) in [6.07, 6.45) is 1.92. The highest BCUT2D eigenvalue weighted by atomic mass is 32.2. The van der Waals surface area contributed by atoms with Gasteiger partial charge >= 0.3 is 0 Å². The molecule has 1 fully saturated rings. The van der Waals surface area contributed by atoms with E-state index in [4.69, 9.17) is 0 Å². The normalized spacial score (nSPS) is 21.6. The largest absolute Gasteiger partial charge is 0.316 e. The molecular weight excluding hydrogens is 279 g/mol. The Balaban J connectivity index is 1.98. The molecule has 1 aliphatic rings. The summed E-state index contributed by atoms with van der Waals surface area (Å²) < 4.78 is 40.5. The molecule has 0 saturated carbocycles. The molecule has 0 amide bonds. The van der Waals surface area contributed by atoms with Gasteiger partial charge < -0.3 is 5.32 Å². The summed E-state index contributed by atoms with van der Waals surface area (Å²) >= 11 is 0. The summed E-state index contributed by atoms with van der Waals surface area (Å²) in [7, 11) is -3.40. The number of benzene rings is 1. The summed E-state index contributed by atoms with van der Waals surface area (Å²) in [4.78, 5) is 0. The summed E-state index contributed by atoms with van der Waals surface area (Å²) in [6.45, 7) is 3.35. The molecule has 0 radical (unpaired) electrons. The summed E-state index contributed by atoms with van der Waals surface area (Å²) in [5, 5.41) is 3.20. The van der Waals surface area contributed by atoms with Crippen molar-refractivity contribution in [1.29, 1.82) is 0 Å². The van der Waals surface area contributed by atoms with Crippen LogP contribution in [0.3, 0.4) is 0 Å². The predicted molar refractivity (Wildman–Crippen MR) is 77.3 cm³/mol. The maximum atomic E-state index is 13.6. The molecule has 2 N–H and O–H groups in total. The molecule has 4 nitrogen and oxygen atoms in total. The molecule has 0 spiro atoms. The van der Waals surface area contributed by atoms with Crippen molar-refractivity contribution in [3.8, 4) is 0 Å². The van der Waals surface area contributed by atoms with Crippen LogP contribution in [-0.2, 0) is 10.0 Å². The van der Waals surface area contributed by atoms with E-state index in [9.17, 15) is 12.8 Å². The number of nitrogens with one attached hydrogen (secondary N) is 2. The first-order valence-corrected chi connectivity index (χ1v) is 8.58. The second-order valence-corrected chi connectivity index (χ2v) is 7.15. The van der Waals surface area contributed by atoms with Crippen LogP contribution in [0.1, 0.15) is 31.4 Å². The van der Waals surface area contributed by atoms with Crippen LogP contribution in [-0.4, -0.2) is 27.3 Å². The molecule has 2 atom stereocenters. The third-order valence-corrected chi connectivity index (χ3v) is 5.21. The minimum atomic E-state index is -3.40. The molecular formula is C14H21FN2O2S. The SMILES string of the molecule is CC(NS(=O)(=O)CC1CCCNC1)c1ccccc1F. The van der Waals surface area contributed by atoms with Crippen molar-refractivity contribution < 1.29 is 12.8 Å². The predicted octanol–water partition coefficient (Wildman–Crippen LogP) is 1.81. The van der Waals surface area contributed by atoms with Crippen LogP contribution in [0, 0.1) is 11.7 Å². The number of hydrogen-bond acceptors (Lipinski definition) is 3. The summed E-state index contributed by atoms with van der Waals surface area (Å²) in [5.74, 6) is -0.158. The lowest BCUT2D eigenvalue weighted by Crippen LogP contribution is -2.38. The van der Waals surface area contributed by atoms with E-state index in [1.807, 2.05) is 0 Å². The Morgan fingerprint density at radius 2 is 2.20 bits per heavy atom. The quantitative estimate of drug-likeness (QED) is 0.872. The molecule has 1 heterocycles. The van der Waals surface area contributed by atoms with Crippen LogP contribution in [0.4, 0.5) is 4.39 Å². The van der Waals surface area contributed by atoms with Gasteiger partial charge in [-0.1, -0.05) is 18.2 Å². The fourth-order valence-electron chi connectivity index (χ4n) is 2.58. The summed E-state index contributed by atoms with van der Waals surface area (Å²) in [6, 6.07) is 5.68. The van der Waals surface area contributed by atoms with Crippen molar-refractivity contribution in [2.24, 2.45) is 5.92 Å². The Morgan fingerprint density at radius 1 is 1.45 bits per heavy atom. The molecule has 1 aromatic rings. The van der Waals surface area contributed by atoms with Gasteiger partial charge in [-0.15, -0.1) is 0 Å². The zero-order valence-corrected chi connectivity index (χ0v) is 12.4. The van der Waals surface area contributed by atoms with E-state index < -0.39 is 16.1 Å². The third kappa shape index (κ3) is 4.26. The average Bonchev–Trinajstić information content (AvgIpc) is 2.39. The van der Waals surface area contributed by atoms with E-state index in [1.54, 1.807) is 25.1 Å². The van der Waals surface area contributed by atoms with E-state index in [0.717, 1.165) is 25.9 Å². The lowest BCUT2D eigenvalue weighted by atomic mass is 10.0. The second-order valence-electron chi connectivity index (χ2n) is 5.35. The second kappa shape index (κ2) is 6.65. The van der Waals surface area contributed by atoms with E-state index >= 15 is 0 Å². The molecule has 0 aliphatic carbocycles. The van der Waals surface area contributed by atoms with Gasteiger partial charge in [0.1, 0.15) is 5.82 Å². The molecule has 0 aromatic heterocycles. The van der Waals surface area contributed by atoms with Crippen molar-refractivity contribution in [3.63, 3.8) is 0 Å². The van der Waals surface area contributed by atoms with E-state index in [0.29, 0.717) is 5.56 Å². The monoisotopic (exact) mass is 300 g/mol. The minimum absolute atomic E-state index is 0.0960. The Hall–Kier alpha value is -0.980. The Morgan fingerprint density at radius 3 is 2.85 bits per heavy atom. The van der Waals surface area contributed by atoms with Gasteiger partial charge in [-0.05, 0) is 44.8 Å². The van der Waals surface area contributed by atoms with Crippen LogP contribution < -0.4 is 10.0 Å². The van der Waals surface area contributed by atoms with Crippen molar-refractivity contribution in [2.75, 3.05) is 18.8 Å². The number of piperidine rings is 1. The lowest BCUT2D eigenvalue weighted by Gasteiger charge is -2.23. The van der Waals surface area contributed by atoms with E-state index in [-0.39, 0.29) is 17.5 Å². The molecule has 2 rings (SSSR count). The van der Waals surface area contributed by atoms with Crippen LogP contribution >= 0.6 is 0 Å². The highest BCUT2D eigenvalue weighted by Crippen LogP contribution is 2.18. The van der Waals surface area contributed by atoms with Crippen LogP contribution in [0.5, 0.6) is 0 Å². The Kier molecular flexibility index (Phi) is 5.12. The van der Waals surface area contributed by atoms with E-state index in [2.05, 4.69) is 10.0 Å². The maximum Gasteiger partial charge on any atom is 0.212 e. The standard InChI is InChI=1S/C14H21FN2O2S/c1-11(13-6-2-3-7-14(13)15)17-20(18,19)10-12-5-4-8-16-9-12/h2-3,6-7,11-12,16-17H,4-5,8-10H2,1H3. The molecule has 1 saturated heterocycles. The molecule has 6 heteroatoms. The van der Waals surface area contributed by atoms with Crippen molar-refractivity contribution in [2.45, 2.75) is 25.8 Å². The zero-order valence-electron chi connectivity index (χ0n) is 11.6. The maximum absolute atomic E-state index is 13.6. The molecule has 1 aliphatic heterocycles. The fraction of sp³-hybridized carbons (Fsp3) is 0.571. The van der Waals surface area contributed by atoms with Crippen molar-refractivity contribution in [3.05, 3.63) is 35.6 Å². The van der Waals surface area contributed by atoms with Crippen LogP contribution in [0.25, 0.3) is 0 Å². The van der Waals surface area contributed by atoms with Crippen LogP contribution in [0.15, 0.2) is 24.3 Å². The smallest absolute Gasteiger partial charge is 0.212 e. The minimum Gasteiger partial charge on any atom is -0.316 e. The Labute approximate surface area is 119 Å². The number of hydrogen-bond donors (Lipinski definition) is 2. The van der Waals surface area contributed by atoms with Gasteiger partial charge in [0, 0.05) is 11.6 Å². The topological polar surface area (TPSA) is 58.2 Å². The first kappa shape index (κ1) is 15.4. The fourth-order valence-corrected chi connectivity index (χ4v) is 4.25. The van der Waals surface area contributed by atoms with Crippen LogP contribution in [0.2, 0.25) is 0 Å². The van der Waals surface area contributed by atoms with Crippen molar-refractivity contribution in [1.82, 2.24) is 10.0 Å². The van der Waals surface area contributed by atoms with Gasteiger partial charge in [-0.25, -0.2) is 17.5 Å². The average molecular weight is 300 g/mol. The van der Waals surface area contributed by atoms with E-state index in [1.165, 1.54) is 6.07 Å². The van der Waals surface area contributed by atoms with Gasteiger partial charge in [0.2, 0.25) is 10.0 Å². The molecule has 2 unspecified atom stereocenters. The lowest BCUT2D eigenvalue weighted by molar-refractivity contribution is 0.402. The molecule has 1 aromatic carbocycles. The zero-order chi connectivity index (χ0) is 14.6. The van der Waals surface area contributed by atoms with Gasteiger partial charge in [0.25, 0.3) is 0 Å².